The molecule has 1 aliphatic heterocycles. The zero-order valence-corrected chi connectivity index (χ0v) is 6.95. The van der Waals surface area contributed by atoms with Gasteiger partial charge in [0.15, 0.2) is 0 Å². The number of fused-ring (bicyclic) bond motifs is 1. The van der Waals surface area contributed by atoms with E-state index in [0.29, 0.717) is 19.6 Å². The van der Waals surface area contributed by atoms with Crippen molar-refractivity contribution in [3.8, 4) is 0 Å². The zero-order chi connectivity index (χ0) is 9.26. The van der Waals surface area contributed by atoms with E-state index >= 15 is 0 Å². The fraction of sp³-hybridized carbons (Fsp3) is 0.500. The fourth-order valence-electron chi connectivity index (χ4n) is 1.28. The van der Waals surface area contributed by atoms with E-state index in [0.717, 1.165) is 11.5 Å². The molecule has 2 heterocycles. The monoisotopic (exact) mass is 183 g/mol. The Labute approximate surface area is 74.3 Å². The molecule has 0 aliphatic carbocycles. The van der Waals surface area contributed by atoms with E-state index in [4.69, 9.17) is 14.3 Å². The number of hydrogen-bond acceptors (Lipinski definition) is 4. The molecular formula is C8H9NO4. The summed E-state index contributed by atoms with van der Waals surface area (Å²) < 4.78 is 10.4. The van der Waals surface area contributed by atoms with E-state index < -0.39 is 5.97 Å². The second-order valence-electron chi connectivity index (χ2n) is 2.85. The normalized spacial score (nSPS) is 15.4. The summed E-state index contributed by atoms with van der Waals surface area (Å²) in [5.74, 6) is 0.102. The summed E-state index contributed by atoms with van der Waals surface area (Å²) >= 11 is 0. The van der Waals surface area contributed by atoms with E-state index in [1.54, 1.807) is 0 Å². The van der Waals surface area contributed by atoms with Gasteiger partial charge >= 0.3 is 5.97 Å². The van der Waals surface area contributed by atoms with Crippen molar-refractivity contribution in [1.82, 2.24) is 4.98 Å². The number of oxazole rings is 1. The Morgan fingerprint density at radius 2 is 2.46 bits per heavy atom. The van der Waals surface area contributed by atoms with Gasteiger partial charge in [-0.15, -0.1) is 0 Å². The summed E-state index contributed by atoms with van der Waals surface area (Å²) in [6.07, 6.45) is 0.523. The Morgan fingerprint density at radius 3 is 3.15 bits per heavy atom. The Bertz CT molecular complexity index is 307. The van der Waals surface area contributed by atoms with Gasteiger partial charge < -0.3 is 14.3 Å². The topological polar surface area (TPSA) is 72.6 Å². The van der Waals surface area contributed by atoms with Gasteiger partial charge in [-0.2, -0.15) is 0 Å². The van der Waals surface area contributed by atoms with Gasteiger partial charge in [0.2, 0.25) is 5.89 Å². The summed E-state index contributed by atoms with van der Waals surface area (Å²) in [5.41, 5.74) is 0.738. The summed E-state index contributed by atoms with van der Waals surface area (Å²) in [5, 5.41) is 8.50. The molecule has 5 heteroatoms. The summed E-state index contributed by atoms with van der Waals surface area (Å²) in [4.78, 5) is 14.4. The van der Waals surface area contributed by atoms with Crippen LogP contribution in [-0.2, 0) is 29.0 Å². The SMILES string of the molecule is O=C(O)Cc1nc2c(o1)CCOC2. The van der Waals surface area contributed by atoms with Gasteiger partial charge in [-0.1, -0.05) is 0 Å². The first-order valence-corrected chi connectivity index (χ1v) is 4.02. The predicted molar refractivity (Wildman–Crippen MR) is 41.2 cm³/mol. The average Bonchev–Trinajstić information content (AvgIpc) is 2.44. The second-order valence-corrected chi connectivity index (χ2v) is 2.85. The highest BCUT2D eigenvalue weighted by Crippen LogP contribution is 2.17. The van der Waals surface area contributed by atoms with Crippen LogP contribution in [0.3, 0.4) is 0 Å². The van der Waals surface area contributed by atoms with E-state index in [1.165, 1.54) is 0 Å². The van der Waals surface area contributed by atoms with Gasteiger partial charge in [0.1, 0.15) is 17.9 Å². The molecule has 0 atom stereocenters. The highest BCUT2D eigenvalue weighted by atomic mass is 16.5. The third-order valence-corrected chi connectivity index (χ3v) is 1.84. The van der Waals surface area contributed by atoms with Crippen LogP contribution < -0.4 is 0 Å². The lowest BCUT2D eigenvalue weighted by atomic mass is 10.2. The van der Waals surface area contributed by atoms with Crippen molar-refractivity contribution in [2.75, 3.05) is 6.61 Å². The Balaban J connectivity index is 2.20. The van der Waals surface area contributed by atoms with Crippen LogP contribution in [0.15, 0.2) is 4.42 Å². The first-order chi connectivity index (χ1) is 6.25. The maximum Gasteiger partial charge on any atom is 0.312 e. The third kappa shape index (κ3) is 1.70. The molecule has 0 fully saturated rings. The molecule has 0 saturated heterocycles. The largest absolute Gasteiger partial charge is 0.481 e. The number of rotatable bonds is 2. The van der Waals surface area contributed by atoms with Crippen molar-refractivity contribution >= 4 is 5.97 Å². The number of ether oxygens (including phenoxy) is 1. The average molecular weight is 183 g/mol. The van der Waals surface area contributed by atoms with Gasteiger partial charge in [0.05, 0.1) is 13.2 Å². The molecule has 2 rings (SSSR count). The van der Waals surface area contributed by atoms with Crippen LogP contribution in [0.1, 0.15) is 17.3 Å². The number of carbonyl (C=O) groups is 1. The molecule has 1 N–H and O–H groups in total. The number of aromatic nitrogens is 1. The molecular weight excluding hydrogens is 174 g/mol. The Hall–Kier alpha value is -1.36. The minimum atomic E-state index is -0.931. The molecule has 0 amide bonds. The van der Waals surface area contributed by atoms with E-state index in [1.807, 2.05) is 0 Å². The molecule has 1 aromatic heterocycles. The maximum absolute atomic E-state index is 10.4. The Kier molecular flexibility index (Phi) is 2.02. The second kappa shape index (κ2) is 3.18. The molecule has 1 aliphatic rings. The number of carboxylic acids is 1. The number of carboxylic acid groups (broad SMARTS) is 1. The minimum Gasteiger partial charge on any atom is -0.481 e. The molecule has 13 heavy (non-hydrogen) atoms. The molecule has 0 spiro atoms. The summed E-state index contributed by atoms with van der Waals surface area (Å²) in [6.45, 7) is 1.05. The van der Waals surface area contributed by atoms with Crippen LogP contribution in [0.2, 0.25) is 0 Å². The fourth-order valence-corrected chi connectivity index (χ4v) is 1.28. The molecule has 1 aromatic rings. The lowest BCUT2D eigenvalue weighted by molar-refractivity contribution is -0.136. The summed E-state index contributed by atoms with van der Waals surface area (Å²) in [6, 6.07) is 0. The zero-order valence-electron chi connectivity index (χ0n) is 6.95. The smallest absolute Gasteiger partial charge is 0.312 e. The van der Waals surface area contributed by atoms with Gasteiger partial charge in [0.25, 0.3) is 0 Å². The lowest BCUT2D eigenvalue weighted by Crippen LogP contribution is -2.07. The van der Waals surface area contributed by atoms with Crippen molar-refractivity contribution in [1.29, 1.82) is 0 Å². The quantitative estimate of drug-likeness (QED) is 0.717. The van der Waals surface area contributed by atoms with Crippen LogP contribution in [0.4, 0.5) is 0 Å². The molecule has 0 saturated carbocycles. The summed E-state index contributed by atoms with van der Waals surface area (Å²) in [7, 11) is 0. The van der Waals surface area contributed by atoms with Crippen LogP contribution in [0.5, 0.6) is 0 Å². The van der Waals surface area contributed by atoms with Gasteiger partial charge in [-0.05, 0) is 0 Å². The standard InChI is InChI=1S/C8H9NO4/c10-8(11)3-7-9-5-4-12-2-1-6(5)13-7/h1-4H2,(H,10,11). The van der Waals surface area contributed by atoms with Crippen LogP contribution >= 0.6 is 0 Å². The van der Waals surface area contributed by atoms with E-state index in [-0.39, 0.29) is 12.3 Å². The molecule has 5 nitrogen and oxygen atoms in total. The van der Waals surface area contributed by atoms with E-state index in [9.17, 15) is 4.79 Å². The molecule has 0 unspecified atom stereocenters. The van der Waals surface area contributed by atoms with Gasteiger partial charge in [0, 0.05) is 6.42 Å². The molecule has 70 valence electrons. The van der Waals surface area contributed by atoms with Gasteiger partial charge in [-0.3, -0.25) is 4.79 Å². The maximum atomic E-state index is 10.4. The Morgan fingerprint density at radius 1 is 1.62 bits per heavy atom. The molecule has 0 radical (unpaired) electrons. The third-order valence-electron chi connectivity index (χ3n) is 1.84. The van der Waals surface area contributed by atoms with Crippen molar-refractivity contribution in [2.45, 2.75) is 19.4 Å². The highest BCUT2D eigenvalue weighted by molar-refractivity contribution is 5.68. The van der Waals surface area contributed by atoms with Crippen LogP contribution in [-0.4, -0.2) is 22.7 Å². The number of aliphatic carboxylic acids is 1. The number of hydrogen-bond donors (Lipinski definition) is 1. The van der Waals surface area contributed by atoms with Crippen molar-refractivity contribution < 1.29 is 19.1 Å². The lowest BCUT2D eigenvalue weighted by Gasteiger charge is -2.07. The van der Waals surface area contributed by atoms with E-state index in [2.05, 4.69) is 4.98 Å². The minimum absolute atomic E-state index is 0.160. The molecule has 0 aromatic carbocycles. The van der Waals surface area contributed by atoms with Crippen LogP contribution in [0.25, 0.3) is 0 Å². The predicted octanol–water partition coefficient (Wildman–Crippen LogP) is 0.374. The first kappa shape index (κ1) is 8.25. The first-order valence-electron chi connectivity index (χ1n) is 4.02. The van der Waals surface area contributed by atoms with Crippen LogP contribution in [0, 0.1) is 0 Å². The van der Waals surface area contributed by atoms with Crippen molar-refractivity contribution in [2.24, 2.45) is 0 Å². The molecule has 0 bridgehead atoms. The van der Waals surface area contributed by atoms with Gasteiger partial charge in [-0.25, -0.2) is 4.98 Å². The number of nitrogens with zero attached hydrogens (tertiary/aromatic N) is 1. The van der Waals surface area contributed by atoms with Crippen molar-refractivity contribution in [3.05, 3.63) is 17.3 Å². The van der Waals surface area contributed by atoms with Crippen molar-refractivity contribution in [3.63, 3.8) is 0 Å². The highest BCUT2D eigenvalue weighted by Gasteiger charge is 2.18.